The van der Waals surface area contributed by atoms with Crippen molar-refractivity contribution in [3.8, 4) is 0 Å². The molecule has 0 fully saturated rings. The van der Waals surface area contributed by atoms with Crippen LogP contribution < -0.4 is 0 Å². The van der Waals surface area contributed by atoms with E-state index in [2.05, 4.69) is 58.9 Å². The molecule has 0 amide bonds. The first-order valence-corrected chi connectivity index (χ1v) is 9.22. The summed E-state index contributed by atoms with van der Waals surface area (Å²) in [6.45, 7) is 11.1. The first kappa shape index (κ1) is 17.8. The fourth-order valence-corrected chi connectivity index (χ4v) is 3.73. The molecule has 0 radical (unpaired) electrons. The van der Waals surface area contributed by atoms with E-state index in [1.54, 1.807) is 12.1 Å². The molecule has 0 aromatic heterocycles. The Bertz CT molecular complexity index is 781. The second-order valence-corrected chi connectivity index (χ2v) is 8.51. The third-order valence-corrected chi connectivity index (χ3v) is 5.16. The van der Waals surface area contributed by atoms with Gasteiger partial charge in [0.1, 0.15) is 5.82 Å². The molecule has 2 aromatic carbocycles. The quantitative estimate of drug-likeness (QED) is 0.566. The number of hydrogen-bond acceptors (Lipinski definition) is 1. The van der Waals surface area contributed by atoms with Crippen LogP contribution in [0.15, 0.2) is 47.5 Å². The molecule has 25 heavy (non-hydrogen) atoms. The third-order valence-electron chi connectivity index (χ3n) is 5.16. The van der Waals surface area contributed by atoms with Crippen LogP contribution in [-0.2, 0) is 11.8 Å². The first-order valence-electron chi connectivity index (χ1n) is 9.22. The van der Waals surface area contributed by atoms with Crippen molar-refractivity contribution < 1.29 is 4.39 Å². The predicted molar refractivity (Wildman–Crippen MR) is 104 cm³/mol. The van der Waals surface area contributed by atoms with E-state index in [1.165, 1.54) is 5.56 Å². The lowest BCUT2D eigenvalue weighted by Crippen LogP contribution is -2.19. The summed E-state index contributed by atoms with van der Waals surface area (Å²) in [4.78, 5) is 4.91. The summed E-state index contributed by atoms with van der Waals surface area (Å²) in [5.41, 5.74) is 5.20. The Kier molecular flexibility index (Phi) is 4.81. The van der Waals surface area contributed by atoms with Gasteiger partial charge in [0.15, 0.2) is 0 Å². The van der Waals surface area contributed by atoms with Gasteiger partial charge in [-0.3, -0.25) is 4.99 Å². The van der Waals surface area contributed by atoms with E-state index >= 15 is 0 Å². The summed E-state index contributed by atoms with van der Waals surface area (Å²) in [6.07, 6.45) is 1.78. The minimum atomic E-state index is -0.134. The van der Waals surface area contributed by atoms with E-state index in [0.29, 0.717) is 11.8 Å². The lowest BCUT2D eigenvalue weighted by atomic mass is 9.83. The normalized spacial score (nSPS) is 21.1. The minimum absolute atomic E-state index is 0.134. The van der Waals surface area contributed by atoms with E-state index in [-0.39, 0.29) is 11.2 Å². The van der Waals surface area contributed by atoms with Crippen LogP contribution in [0, 0.1) is 17.7 Å². The van der Waals surface area contributed by atoms with E-state index in [0.717, 1.165) is 35.4 Å². The van der Waals surface area contributed by atoms with Crippen LogP contribution >= 0.6 is 0 Å². The number of halogens is 1. The van der Waals surface area contributed by atoms with Crippen LogP contribution in [-0.4, -0.2) is 5.71 Å². The Morgan fingerprint density at radius 1 is 1.00 bits per heavy atom. The Balaban J connectivity index is 2.08. The van der Waals surface area contributed by atoms with Crippen LogP contribution in [0.4, 0.5) is 10.1 Å². The zero-order chi connectivity index (χ0) is 18.2. The molecular formula is C23H28FN. The molecule has 2 unspecified atom stereocenters. The topological polar surface area (TPSA) is 12.4 Å². The summed E-state index contributed by atoms with van der Waals surface area (Å²) in [6, 6.07) is 14.0. The van der Waals surface area contributed by atoms with Crippen molar-refractivity contribution in [2.24, 2.45) is 16.8 Å². The zero-order valence-electron chi connectivity index (χ0n) is 15.9. The number of fused-ring (bicyclic) bond motifs is 1. The predicted octanol–water partition coefficient (Wildman–Crippen LogP) is 6.46. The van der Waals surface area contributed by atoms with Crippen molar-refractivity contribution in [2.45, 2.75) is 52.9 Å². The van der Waals surface area contributed by atoms with Gasteiger partial charge in [-0.25, -0.2) is 4.39 Å². The van der Waals surface area contributed by atoms with Gasteiger partial charge in [-0.2, -0.15) is 0 Å². The summed E-state index contributed by atoms with van der Waals surface area (Å²) >= 11 is 0. The molecule has 0 bridgehead atoms. The maximum Gasteiger partial charge on any atom is 0.128 e. The molecule has 1 nitrogen and oxygen atoms in total. The summed E-state index contributed by atoms with van der Waals surface area (Å²) in [5.74, 6) is 0.655. The van der Waals surface area contributed by atoms with E-state index < -0.39 is 0 Å². The fourth-order valence-electron chi connectivity index (χ4n) is 3.73. The average molecular weight is 337 g/mol. The molecule has 0 aliphatic carbocycles. The number of hydrogen-bond donors (Lipinski definition) is 0. The Hall–Kier alpha value is -1.96. The van der Waals surface area contributed by atoms with Crippen molar-refractivity contribution >= 4 is 11.4 Å². The maximum atomic E-state index is 14.3. The largest absolute Gasteiger partial charge is 0.252 e. The van der Waals surface area contributed by atoms with Gasteiger partial charge in [0.05, 0.1) is 11.4 Å². The summed E-state index contributed by atoms with van der Waals surface area (Å²) in [5, 5.41) is 0. The number of benzene rings is 2. The number of aliphatic imine (C=N–C) groups is 1. The molecule has 3 rings (SSSR count). The third kappa shape index (κ3) is 3.84. The Morgan fingerprint density at radius 3 is 2.32 bits per heavy atom. The molecular weight excluding hydrogens is 309 g/mol. The van der Waals surface area contributed by atoms with Gasteiger partial charge in [0.25, 0.3) is 0 Å². The van der Waals surface area contributed by atoms with Gasteiger partial charge < -0.3 is 0 Å². The molecule has 2 atom stereocenters. The lowest BCUT2D eigenvalue weighted by Gasteiger charge is -2.25. The lowest BCUT2D eigenvalue weighted by molar-refractivity contribution is 0.466. The molecule has 1 aliphatic heterocycles. The van der Waals surface area contributed by atoms with Crippen molar-refractivity contribution in [3.63, 3.8) is 0 Å². The molecule has 0 saturated heterocycles. The molecule has 2 heteroatoms. The molecule has 0 saturated carbocycles. The molecule has 0 N–H and O–H groups in total. The molecule has 0 spiro atoms. The van der Waals surface area contributed by atoms with E-state index in [9.17, 15) is 4.39 Å². The van der Waals surface area contributed by atoms with Crippen LogP contribution in [0.5, 0.6) is 0 Å². The van der Waals surface area contributed by atoms with Gasteiger partial charge in [0.2, 0.25) is 0 Å². The van der Waals surface area contributed by atoms with Gasteiger partial charge in [-0.1, -0.05) is 65.0 Å². The standard InChI is InChI=1S/C23H28FN/c1-15-13-16(2)22(17-9-11-18(12-10-17)23(3,4)5)25-21-8-6-7-20(24)19(21)14-15/h6-12,15-16H,13-14H2,1-5H3. The summed E-state index contributed by atoms with van der Waals surface area (Å²) < 4.78 is 14.3. The summed E-state index contributed by atoms with van der Waals surface area (Å²) in [7, 11) is 0. The Labute approximate surface area is 151 Å². The van der Waals surface area contributed by atoms with Gasteiger partial charge in [-0.05, 0) is 53.4 Å². The van der Waals surface area contributed by atoms with Gasteiger partial charge in [0, 0.05) is 5.56 Å². The second kappa shape index (κ2) is 6.74. The fraction of sp³-hybridized carbons (Fsp3) is 0.435. The SMILES string of the molecule is CC1Cc2c(F)cccc2N=C(c2ccc(C(C)(C)C)cc2)C(C)C1. The van der Waals surface area contributed by atoms with Crippen molar-refractivity contribution in [3.05, 3.63) is 65.0 Å². The van der Waals surface area contributed by atoms with Crippen molar-refractivity contribution in [1.82, 2.24) is 0 Å². The highest BCUT2D eigenvalue weighted by atomic mass is 19.1. The molecule has 1 heterocycles. The van der Waals surface area contributed by atoms with E-state index in [4.69, 9.17) is 4.99 Å². The van der Waals surface area contributed by atoms with Crippen LogP contribution in [0.3, 0.4) is 0 Å². The van der Waals surface area contributed by atoms with Gasteiger partial charge >= 0.3 is 0 Å². The average Bonchev–Trinajstić information content (AvgIpc) is 2.53. The monoisotopic (exact) mass is 337 g/mol. The van der Waals surface area contributed by atoms with Crippen LogP contribution in [0.1, 0.15) is 57.7 Å². The van der Waals surface area contributed by atoms with Gasteiger partial charge in [-0.15, -0.1) is 0 Å². The highest BCUT2D eigenvalue weighted by Crippen LogP contribution is 2.33. The smallest absolute Gasteiger partial charge is 0.128 e. The second-order valence-electron chi connectivity index (χ2n) is 8.51. The highest BCUT2D eigenvalue weighted by molar-refractivity contribution is 6.03. The molecule has 1 aliphatic rings. The van der Waals surface area contributed by atoms with Crippen LogP contribution in [0.25, 0.3) is 0 Å². The number of nitrogens with zero attached hydrogens (tertiary/aromatic N) is 1. The minimum Gasteiger partial charge on any atom is -0.252 e. The van der Waals surface area contributed by atoms with Crippen LogP contribution in [0.2, 0.25) is 0 Å². The maximum absolute atomic E-state index is 14.3. The Morgan fingerprint density at radius 2 is 1.68 bits per heavy atom. The zero-order valence-corrected chi connectivity index (χ0v) is 15.9. The number of rotatable bonds is 1. The van der Waals surface area contributed by atoms with E-state index in [1.807, 2.05) is 6.07 Å². The molecule has 132 valence electrons. The highest BCUT2D eigenvalue weighted by Gasteiger charge is 2.23. The molecule has 2 aromatic rings. The van der Waals surface area contributed by atoms with Crippen molar-refractivity contribution in [1.29, 1.82) is 0 Å². The van der Waals surface area contributed by atoms with Crippen molar-refractivity contribution in [2.75, 3.05) is 0 Å². The first-order chi connectivity index (χ1) is 11.8.